The molecule has 0 saturated carbocycles. The number of fused-ring (bicyclic) bond motifs is 1. The fourth-order valence-electron chi connectivity index (χ4n) is 4.90. The summed E-state index contributed by atoms with van der Waals surface area (Å²) in [7, 11) is 0. The summed E-state index contributed by atoms with van der Waals surface area (Å²) >= 11 is 10.6. The SMILES string of the molecule is C=C(S)CC(=O)Nc1ccc(C(=O)N2CCC[C@@H](Cc3ncc(Cl)c(-c4c[nH]c5ccccc45)n3)C2)cc1. The van der Waals surface area contributed by atoms with Gasteiger partial charge in [-0.2, -0.15) is 0 Å². The van der Waals surface area contributed by atoms with Gasteiger partial charge in [0, 0.05) is 59.6 Å². The maximum Gasteiger partial charge on any atom is 0.253 e. The minimum atomic E-state index is -0.194. The van der Waals surface area contributed by atoms with Crippen LogP contribution in [-0.4, -0.2) is 44.8 Å². The number of nitrogens with zero attached hydrogens (tertiary/aromatic N) is 3. The van der Waals surface area contributed by atoms with Crippen molar-refractivity contribution in [2.24, 2.45) is 5.92 Å². The molecule has 2 aromatic heterocycles. The number of hydrogen-bond donors (Lipinski definition) is 3. The molecular weight excluding hydrogens is 518 g/mol. The molecule has 5 rings (SSSR count). The summed E-state index contributed by atoms with van der Waals surface area (Å²) in [5.74, 6) is 0.753. The van der Waals surface area contributed by atoms with Crippen molar-refractivity contribution in [2.75, 3.05) is 18.4 Å². The van der Waals surface area contributed by atoms with E-state index in [1.165, 1.54) is 0 Å². The Morgan fingerprint density at radius 3 is 2.76 bits per heavy atom. The number of halogens is 1. The molecule has 3 heterocycles. The molecule has 0 aliphatic carbocycles. The van der Waals surface area contributed by atoms with Crippen molar-refractivity contribution in [3.63, 3.8) is 0 Å². The van der Waals surface area contributed by atoms with Crippen LogP contribution in [0, 0.1) is 5.92 Å². The average Bonchev–Trinajstić information content (AvgIpc) is 3.33. The van der Waals surface area contributed by atoms with Crippen LogP contribution in [0.2, 0.25) is 5.02 Å². The number of H-pyrrole nitrogens is 1. The molecule has 2 aromatic carbocycles. The molecule has 0 bridgehead atoms. The first-order valence-corrected chi connectivity index (χ1v) is 13.3. The first-order valence-electron chi connectivity index (χ1n) is 12.5. The third kappa shape index (κ3) is 5.92. The summed E-state index contributed by atoms with van der Waals surface area (Å²) in [5, 5.41) is 4.35. The number of hydrogen-bond acceptors (Lipinski definition) is 5. The van der Waals surface area contributed by atoms with Gasteiger partial charge in [0.1, 0.15) is 5.82 Å². The quantitative estimate of drug-likeness (QED) is 0.243. The molecule has 4 aromatic rings. The highest BCUT2D eigenvalue weighted by Crippen LogP contribution is 2.32. The van der Waals surface area contributed by atoms with Crippen LogP contribution in [0.5, 0.6) is 0 Å². The third-order valence-electron chi connectivity index (χ3n) is 6.70. The van der Waals surface area contributed by atoms with E-state index in [0.29, 0.717) is 46.4 Å². The van der Waals surface area contributed by atoms with Crippen LogP contribution in [0.25, 0.3) is 22.2 Å². The second-order valence-electron chi connectivity index (χ2n) is 9.56. The zero-order valence-corrected chi connectivity index (χ0v) is 22.4. The Hall–Kier alpha value is -3.62. The van der Waals surface area contributed by atoms with Gasteiger partial charge in [0.2, 0.25) is 5.91 Å². The number of carbonyl (C=O) groups is 2. The minimum Gasteiger partial charge on any atom is -0.360 e. The first-order chi connectivity index (χ1) is 18.4. The smallest absolute Gasteiger partial charge is 0.253 e. The molecule has 7 nitrogen and oxygen atoms in total. The van der Waals surface area contributed by atoms with Crippen molar-refractivity contribution in [1.29, 1.82) is 0 Å². The van der Waals surface area contributed by atoms with E-state index >= 15 is 0 Å². The molecule has 38 heavy (non-hydrogen) atoms. The average molecular weight is 546 g/mol. The lowest BCUT2D eigenvalue weighted by Gasteiger charge is -2.32. The highest BCUT2D eigenvalue weighted by molar-refractivity contribution is 7.84. The van der Waals surface area contributed by atoms with E-state index in [1.54, 1.807) is 30.5 Å². The number of aromatic nitrogens is 3. The van der Waals surface area contributed by atoms with E-state index in [4.69, 9.17) is 16.6 Å². The van der Waals surface area contributed by atoms with Crippen LogP contribution in [0.1, 0.15) is 35.4 Å². The van der Waals surface area contributed by atoms with Gasteiger partial charge in [-0.15, -0.1) is 12.6 Å². The molecular formula is C29H28ClN5O2S. The van der Waals surface area contributed by atoms with Crippen molar-refractivity contribution < 1.29 is 9.59 Å². The molecule has 0 spiro atoms. The zero-order chi connectivity index (χ0) is 26.6. The highest BCUT2D eigenvalue weighted by Gasteiger charge is 2.26. The molecule has 194 valence electrons. The van der Waals surface area contributed by atoms with Crippen LogP contribution in [0.4, 0.5) is 5.69 Å². The van der Waals surface area contributed by atoms with Crippen molar-refractivity contribution >= 4 is 52.6 Å². The number of nitrogens with one attached hydrogen (secondary N) is 2. The van der Waals surface area contributed by atoms with Gasteiger partial charge in [-0.25, -0.2) is 9.97 Å². The maximum absolute atomic E-state index is 13.2. The third-order valence-corrected chi connectivity index (χ3v) is 7.13. The topological polar surface area (TPSA) is 91.0 Å². The van der Waals surface area contributed by atoms with Crippen molar-refractivity contribution in [3.8, 4) is 11.3 Å². The van der Waals surface area contributed by atoms with Gasteiger partial charge in [0.15, 0.2) is 0 Å². The van der Waals surface area contributed by atoms with E-state index in [2.05, 4.69) is 34.5 Å². The number of benzene rings is 2. The van der Waals surface area contributed by atoms with Gasteiger partial charge in [0.05, 0.1) is 17.1 Å². The first kappa shape index (κ1) is 26.0. The number of para-hydroxylation sites is 1. The molecule has 2 amide bonds. The molecule has 0 radical (unpaired) electrons. The Morgan fingerprint density at radius 1 is 1.18 bits per heavy atom. The number of rotatable bonds is 7. The van der Waals surface area contributed by atoms with Crippen LogP contribution in [-0.2, 0) is 11.2 Å². The summed E-state index contributed by atoms with van der Waals surface area (Å²) in [5.41, 5.74) is 3.91. The molecule has 9 heteroatoms. The maximum atomic E-state index is 13.2. The Kier molecular flexibility index (Phi) is 7.81. The van der Waals surface area contributed by atoms with Gasteiger partial charge in [-0.3, -0.25) is 9.59 Å². The summed E-state index contributed by atoms with van der Waals surface area (Å²) in [6, 6.07) is 15.0. The molecule has 2 N–H and O–H groups in total. The van der Waals surface area contributed by atoms with Crippen LogP contribution in [0.3, 0.4) is 0 Å². The fraction of sp³-hybridized carbons (Fsp3) is 0.241. The lowest BCUT2D eigenvalue weighted by Crippen LogP contribution is -2.40. The van der Waals surface area contributed by atoms with Crippen molar-refractivity contribution in [2.45, 2.75) is 25.7 Å². The Labute approximate surface area is 231 Å². The van der Waals surface area contributed by atoms with Gasteiger partial charge >= 0.3 is 0 Å². The fourth-order valence-corrected chi connectivity index (χ4v) is 5.24. The van der Waals surface area contributed by atoms with E-state index < -0.39 is 0 Å². The summed E-state index contributed by atoms with van der Waals surface area (Å²) in [6.07, 6.45) is 6.31. The molecule has 1 fully saturated rings. The van der Waals surface area contributed by atoms with Gasteiger partial charge in [-0.05, 0) is 54.0 Å². The Bertz CT molecular complexity index is 1500. The van der Waals surface area contributed by atoms with E-state index in [9.17, 15) is 9.59 Å². The zero-order valence-electron chi connectivity index (χ0n) is 20.8. The number of likely N-dealkylation sites (tertiary alicyclic amines) is 1. The second-order valence-corrected chi connectivity index (χ2v) is 10.6. The number of carbonyl (C=O) groups excluding carboxylic acids is 2. The number of aromatic amines is 1. The molecule has 1 atom stereocenters. The predicted octanol–water partition coefficient (Wildman–Crippen LogP) is 6.15. The van der Waals surface area contributed by atoms with E-state index in [1.807, 2.05) is 35.4 Å². The lowest BCUT2D eigenvalue weighted by molar-refractivity contribution is -0.115. The molecule has 0 unspecified atom stereocenters. The van der Waals surface area contributed by atoms with Gasteiger partial charge in [-0.1, -0.05) is 36.4 Å². The van der Waals surface area contributed by atoms with Gasteiger partial charge in [0.25, 0.3) is 5.91 Å². The normalized spacial score (nSPS) is 15.4. The van der Waals surface area contributed by atoms with Crippen LogP contribution >= 0.6 is 24.2 Å². The number of amides is 2. The van der Waals surface area contributed by atoms with E-state index in [0.717, 1.165) is 35.1 Å². The van der Waals surface area contributed by atoms with Crippen molar-refractivity contribution in [1.82, 2.24) is 19.9 Å². The number of piperidine rings is 1. The highest BCUT2D eigenvalue weighted by atomic mass is 35.5. The monoisotopic (exact) mass is 545 g/mol. The predicted molar refractivity (Wildman–Crippen MR) is 154 cm³/mol. The lowest BCUT2D eigenvalue weighted by atomic mass is 9.94. The minimum absolute atomic E-state index is 0.0205. The van der Waals surface area contributed by atoms with Crippen LogP contribution < -0.4 is 5.32 Å². The standard InChI is InChI=1S/C29H28ClN5O2S/c1-18(38)13-27(36)33-21-10-8-20(9-11-21)29(37)35-12-4-5-19(17-35)14-26-32-16-24(30)28(34-26)23-15-31-25-7-3-2-6-22(23)25/h2-3,6-11,15-16,19,31,38H,1,4-5,12-14,17H2,(H,33,36)/t19-/m0/s1. The second kappa shape index (κ2) is 11.4. The Balaban J connectivity index is 1.25. The summed E-state index contributed by atoms with van der Waals surface area (Å²) in [6.45, 7) is 4.97. The molecule has 1 aliphatic rings. The molecule has 1 saturated heterocycles. The van der Waals surface area contributed by atoms with Crippen LogP contribution in [0.15, 0.2) is 72.4 Å². The van der Waals surface area contributed by atoms with Crippen molar-refractivity contribution in [3.05, 3.63) is 88.8 Å². The molecule has 1 aliphatic heterocycles. The Morgan fingerprint density at radius 2 is 1.97 bits per heavy atom. The number of thiol groups is 1. The summed E-state index contributed by atoms with van der Waals surface area (Å²) < 4.78 is 0. The largest absolute Gasteiger partial charge is 0.360 e. The number of anilines is 1. The van der Waals surface area contributed by atoms with Gasteiger partial charge < -0.3 is 15.2 Å². The van der Waals surface area contributed by atoms with E-state index in [-0.39, 0.29) is 24.2 Å². The summed E-state index contributed by atoms with van der Waals surface area (Å²) in [4.78, 5) is 40.1.